The van der Waals surface area contributed by atoms with Crippen molar-refractivity contribution < 1.29 is 14.0 Å². The van der Waals surface area contributed by atoms with Crippen LogP contribution in [0.5, 0.6) is 0 Å². The Morgan fingerprint density at radius 2 is 1.92 bits per heavy atom. The molecule has 0 fully saturated rings. The number of ketones is 1. The largest absolute Gasteiger partial charge is 0.349 e. The molecule has 0 aliphatic rings. The maximum Gasteiger partial charge on any atom is 0.230 e. The number of halogens is 1. The maximum atomic E-state index is 13.9. The molecule has 25 heavy (non-hydrogen) atoms. The third-order valence-electron chi connectivity index (χ3n) is 3.61. The maximum absolute atomic E-state index is 13.9. The summed E-state index contributed by atoms with van der Waals surface area (Å²) in [4.78, 5) is 23.6. The molecule has 1 unspecified atom stereocenters. The van der Waals surface area contributed by atoms with Gasteiger partial charge in [-0.15, -0.1) is 11.8 Å². The van der Waals surface area contributed by atoms with Crippen LogP contribution in [0.15, 0.2) is 47.4 Å². The summed E-state index contributed by atoms with van der Waals surface area (Å²) in [6.45, 7) is 3.21. The summed E-state index contributed by atoms with van der Waals surface area (Å²) in [5.74, 6) is -0.872. The van der Waals surface area contributed by atoms with Crippen molar-refractivity contribution >= 4 is 23.5 Å². The molecule has 0 aromatic heterocycles. The average molecular weight is 356 g/mol. The summed E-state index contributed by atoms with van der Waals surface area (Å²) in [5, 5.41) is 11.6. The van der Waals surface area contributed by atoms with Crippen molar-refractivity contribution in [3.63, 3.8) is 0 Å². The van der Waals surface area contributed by atoms with Crippen molar-refractivity contribution in [3.05, 3.63) is 65.0 Å². The number of nitrogens with zero attached hydrogens (tertiary/aromatic N) is 1. The number of amides is 1. The van der Waals surface area contributed by atoms with E-state index in [1.807, 2.05) is 13.0 Å². The summed E-state index contributed by atoms with van der Waals surface area (Å²) in [6.07, 6.45) is 0. The number of nitriles is 1. The van der Waals surface area contributed by atoms with E-state index in [9.17, 15) is 14.0 Å². The highest BCUT2D eigenvalue weighted by atomic mass is 32.2. The molecule has 1 N–H and O–H groups in total. The first kappa shape index (κ1) is 18.7. The Balaban J connectivity index is 1.91. The molecule has 0 spiro atoms. The highest BCUT2D eigenvalue weighted by molar-refractivity contribution is 8.00. The van der Waals surface area contributed by atoms with Crippen molar-refractivity contribution in [3.8, 4) is 6.07 Å². The van der Waals surface area contributed by atoms with Gasteiger partial charge in [-0.3, -0.25) is 9.59 Å². The van der Waals surface area contributed by atoms with Crippen LogP contribution in [0.3, 0.4) is 0 Å². The molecule has 2 aromatic rings. The Morgan fingerprint density at radius 1 is 1.24 bits per heavy atom. The number of Topliss-reactive ketones (excluding diaryl/α,β-unsaturated/α-hetero) is 1. The Hall–Kier alpha value is -2.65. The van der Waals surface area contributed by atoms with Gasteiger partial charge in [0.05, 0.1) is 23.4 Å². The van der Waals surface area contributed by atoms with Crippen LogP contribution >= 0.6 is 11.8 Å². The number of hydrogen-bond acceptors (Lipinski definition) is 4. The predicted octanol–water partition coefficient (Wildman–Crippen LogP) is 3.87. The minimum absolute atomic E-state index is 0.0664. The Kier molecular flexibility index (Phi) is 6.31. The molecule has 0 saturated heterocycles. The molecule has 0 radical (unpaired) electrons. The van der Waals surface area contributed by atoms with Gasteiger partial charge in [0.15, 0.2) is 5.78 Å². The van der Waals surface area contributed by atoms with Gasteiger partial charge in [-0.05, 0) is 43.7 Å². The molecule has 1 atom stereocenters. The highest BCUT2D eigenvalue weighted by Crippen LogP contribution is 2.23. The smallest absolute Gasteiger partial charge is 0.230 e. The molecule has 4 nitrogen and oxygen atoms in total. The summed E-state index contributed by atoms with van der Waals surface area (Å²) < 4.78 is 13.9. The van der Waals surface area contributed by atoms with Crippen LogP contribution in [-0.4, -0.2) is 17.4 Å². The van der Waals surface area contributed by atoms with Gasteiger partial charge in [0.1, 0.15) is 5.82 Å². The van der Waals surface area contributed by atoms with Crippen molar-refractivity contribution in [1.29, 1.82) is 5.26 Å². The van der Waals surface area contributed by atoms with Crippen LogP contribution in [-0.2, 0) is 4.79 Å². The van der Waals surface area contributed by atoms with Crippen LogP contribution in [0.25, 0.3) is 0 Å². The van der Waals surface area contributed by atoms with Gasteiger partial charge in [0, 0.05) is 10.5 Å². The van der Waals surface area contributed by atoms with E-state index in [0.29, 0.717) is 16.0 Å². The first-order chi connectivity index (χ1) is 11.9. The Morgan fingerprint density at radius 3 is 2.48 bits per heavy atom. The lowest BCUT2D eigenvalue weighted by atomic mass is 10.1. The lowest BCUT2D eigenvalue weighted by Crippen LogP contribution is -2.28. The number of rotatable bonds is 6. The highest BCUT2D eigenvalue weighted by Gasteiger charge is 2.12. The van der Waals surface area contributed by atoms with Crippen LogP contribution in [0.4, 0.5) is 4.39 Å². The van der Waals surface area contributed by atoms with Crippen molar-refractivity contribution in [2.45, 2.75) is 24.8 Å². The lowest BCUT2D eigenvalue weighted by Gasteiger charge is -2.14. The van der Waals surface area contributed by atoms with Crippen molar-refractivity contribution in [2.24, 2.45) is 0 Å². The number of nitrogens with one attached hydrogen (secondary N) is 1. The summed E-state index contributed by atoms with van der Waals surface area (Å²) >= 11 is 1.08. The van der Waals surface area contributed by atoms with Crippen molar-refractivity contribution in [2.75, 3.05) is 5.75 Å². The third kappa shape index (κ3) is 5.16. The minimum atomic E-state index is -0.509. The molecular formula is C19H17FN2O2S. The van der Waals surface area contributed by atoms with E-state index >= 15 is 0 Å². The van der Waals surface area contributed by atoms with E-state index in [1.165, 1.54) is 19.1 Å². The van der Waals surface area contributed by atoms with Crippen LogP contribution in [0.1, 0.15) is 41.4 Å². The predicted molar refractivity (Wildman–Crippen MR) is 94.8 cm³/mol. The molecule has 0 aliphatic heterocycles. The molecule has 0 heterocycles. The first-order valence-electron chi connectivity index (χ1n) is 7.63. The van der Waals surface area contributed by atoms with Gasteiger partial charge in [-0.1, -0.05) is 18.2 Å². The summed E-state index contributed by atoms with van der Waals surface area (Å²) in [6, 6.07) is 13.0. The fourth-order valence-electron chi connectivity index (χ4n) is 2.19. The monoisotopic (exact) mass is 356 g/mol. The second-order valence-corrected chi connectivity index (χ2v) is 6.53. The average Bonchev–Trinajstić information content (AvgIpc) is 2.60. The number of carbonyl (C=O) groups excluding carboxylic acids is 2. The number of thioether (sulfide) groups is 1. The minimum Gasteiger partial charge on any atom is -0.349 e. The molecule has 2 rings (SSSR count). The van der Waals surface area contributed by atoms with Gasteiger partial charge >= 0.3 is 0 Å². The molecule has 6 heteroatoms. The SMILES string of the molecule is CC(=O)c1ccc(SCC(=O)NC(C)c2ccc(C#N)cc2)c(F)c1. The van der Waals surface area contributed by atoms with Gasteiger partial charge in [0.25, 0.3) is 0 Å². The molecule has 0 saturated carbocycles. The van der Waals surface area contributed by atoms with E-state index in [2.05, 4.69) is 5.32 Å². The first-order valence-corrected chi connectivity index (χ1v) is 8.62. The molecular weight excluding hydrogens is 339 g/mol. The zero-order valence-electron chi connectivity index (χ0n) is 13.9. The van der Waals surface area contributed by atoms with Crippen LogP contribution in [0, 0.1) is 17.1 Å². The number of hydrogen-bond donors (Lipinski definition) is 1. The van der Waals surface area contributed by atoms with Crippen molar-refractivity contribution in [1.82, 2.24) is 5.32 Å². The van der Waals surface area contributed by atoms with Crippen LogP contribution in [0.2, 0.25) is 0 Å². The fraction of sp³-hybridized carbons (Fsp3) is 0.211. The Labute approximate surface area is 150 Å². The van der Waals surface area contributed by atoms with E-state index in [-0.39, 0.29) is 23.5 Å². The van der Waals surface area contributed by atoms with E-state index < -0.39 is 5.82 Å². The molecule has 1 amide bonds. The van der Waals surface area contributed by atoms with Gasteiger partial charge < -0.3 is 5.32 Å². The summed E-state index contributed by atoms with van der Waals surface area (Å²) in [5.41, 5.74) is 1.75. The Bertz CT molecular complexity index is 828. The quantitative estimate of drug-likeness (QED) is 0.630. The van der Waals surface area contributed by atoms with E-state index in [1.54, 1.807) is 30.3 Å². The fourth-order valence-corrected chi connectivity index (χ4v) is 2.92. The number of carbonyl (C=O) groups is 2. The third-order valence-corrected chi connectivity index (χ3v) is 4.66. The van der Waals surface area contributed by atoms with Gasteiger partial charge in [0.2, 0.25) is 5.91 Å². The topological polar surface area (TPSA) is 70.0 Å². The standard InChI is InChI=1S/C19H17FN2O2S/c1-12(15-5-3-14(10-21)4-6-15)22-19(24)11-25-18-8-7-16(13(2)23)9-17(18)20/h3-9,12H,11H2,1-2H3,(H,22,24). The van der Waals surface area contributed by atoms with E-state index in [0.717, 1.165) is 17.3 Å². The normalized spacial score (nSPS) is 11.4. The molecule has 0 bridgehead atoms. The van der Waals surface area contributed by atoms with Crippen LogP contribution < -0.4 is 5.32 Å². The second-order valence-electron chi connectivity index (χ2n) is 5.51. The molecule has 0 aliphatic carbocycles. The zero-order chi connectivity index (χ0) is 18.4. The van der Waals surface area contributed by atoms with E-state index in [4.69, 9.17) is 5.26 Å². The summed E-state index contributed by atoms with van der Waals surface area (Å²) in [7, 11) is 0. The van der Waals surface area contributed by atoms with Gasteiger partial charge in [-0.2, -0.15) is 5.26 Å². The van der Waals surface area contributed by atoms with Gasteiger partial charge in [-0.25, -0.2) is 4.39 Å². The zero-order valence-corrected chi connectivity index (χ0v) is 14.7. The molecule has 2 aromatic carbocycles. The molecule has 128 valence electrons. The lowest BCUT2D eigenvalue weighted by molar-refractivity contribution is -0.119. The number of benzene rings is 2. The second kappa shape index (κ2) is 8.45.